The topological polar surface area (TPSA) is 108 Å². The van der Waals surface area contributed by atoms with Crippen molar-refractivity contribution in [2.24, 2.45) is 5.34 Å². The van der Waals surface area contributed by atoms with Crippen molar-refractivity contribution in [1.82, 2.24) is 0 Å². The molecule has 8 nitrogen and oxygen atoms in total. The lowest BCUT2D eigenvalue weighted by Crippen LogP contribution is -2.35. The Labute approximate surface area is 104 Å². The molecule has 0 heterocycles. The van der Waals surface area contributed by atoms with Crippen molar-refractivity contribution < 1.29 is 19.3 Å². The highest BCUT2D eigenvalue weighted by Crippen LogP contribution is 2.13. The van der Waals surface area contributed by atoms with Crippen LogP contribution in [0.2, 0.25) is 0 Å². The first-order valence-electron chi connectivity index (χ1n) is 5.49. The van der Waals surface area contributed by atoms with Gasteiger partial charge in [0.1, 0.15) is 0 Å². The summed E-state index contributed by atoms with van der Waals surface area (Å²) in [5.41, 5.74) is 0. The highest BCUT2D eigenvalue weighted by molar-refractivity contribution is 5.36. The molecule has 0 bridgehead atoms. The van der Waals surface area contributed by atoms with E-state index >= 15 is 0 Å². The van der Waals surface area contributed by atoms with E-state index < -0.39 is 17.1 Å². The molecule has 0 aromatic rings. The Kier molecular flexibility index (Phi) is 9.06. The van der Waals surface area contributed by atoms with Gasteiger partial charge in [-0.1, -0.05) is 19.1 Å². The second-order valence-corrected chi connectivity index (χ2v) is 3.44. The first-order valence-corrected chi connectivity index (χ1v) is 5.49. The van der Waals surface area contributed by atoms with Crippen LogP contribution in [0, 0.1) is 15.0 Å². The lowest BCUT2D eigenvalue weighted by Gasteiger charge is -2.16. The molecule has 8 heteroatoms. The average Bonchev–Trinajstić information content (AvgIpc) is 2.34. The number of carbonyl (C=O) groups is 1. The molecule has 0 fully saturated rings. The molecule has 0 aromatic heterocycles. The maximum Gasteiger partial charge on any atom is 0.293 e. The van der Waals surface area contributed by atoms with Crippen molar-refractivity contribution >= 4 is 6.47 Å². The standard InChI is InChI=1S/C10H16N2O6/c1-2-3-4-5-9(12(15)16)10(18-11-14)6-7-17-8-13/h3-4,8-10H,2,5-7H2,1H3/b4-3-. The van der Waals surface area contributed by atoms with Gasteiger partial charge in [-0.05, 0) is 6.42 Å². The summed E-state index contributed by atoms with van der Waals surface area (Å²) >= 11 is 0. The van der Waals surface area contributed by atoms with E-state index in [0.29, 0.717) is 0 Å². The Morgan fingerprint density at radius 1 is 1.44 bits per heavy atom. The third-order valence-corrected chi connectivity index (χ3v) is 2.25. The second kappa shape index (κ2) is 10.2. The minimum atomic E-state index is -1.10. The third kappa shape index (κ3) is 6.56. The van der Waals surface area contributed by atoms with Crippen molar-refractivity contribution in [1.29, 1.82) is 0 Å². The number of allylic oxidation sites excluding steroid dienone is 1. The summed E-state index contributed by atoms with van der Waals surface area (Å²) < 4.78 is 4.42. The van der Waals surface area contributed by atoms with Crippen LogP contribution in [-0.2, 0) is 14.4 Å². The molecule has 0 aromatic carbocycles. The molecule has 0 radical (unpaired) electrons. The molecule has 2 unspecified atom stereocenters. The van der Waals surface area contributed by atoms with E-state index in [2.05, 4.69) is 14.9 Å². The summed E-state index contributed by atoms with van der Waals surface area (Å²) in [5, 5.41) is 13.1. The lowest BCUT2D eigenvalue weighted by molar-refractivity contribution is -0.535. The number of carbonyl (C=O) groups excluding carboxylic acids is 1. The Morgan fingerprint density at radius 2 is 2.17 bits per heavy atom. The molecular weight excluding hydrogens is 244 g/mol. The van der Waals surface area contributed by atoms with Gasteiger partial charge in [0.25, 0.3) is 12.5 Å². The number of hydrogen-bond acceptors (Lipinski definition) is 7. The van der Waals surface area contributed by atoms with Crippen molar-refractivity contribution in [2.75, 3.05) is 6.61 Å². The van der Waals surface area contributed by atoms with Crippen LogP contribution in [0.1, 0.15) is 26.2 Å². The van der Waals surface area contributed by atoms with Crippen LogP contribution in [0.3, 0.4) is 0 Å². The summed E-state index contributed by atoms with van der Waals surface area (Å²) in [6, 6.07) is -1.10. The number of ether oxygens (including phenoxy) is 1. The molecule has 0 N–H and O–H groups in total. The van der Waals surface area contributed by atoms with Crippen LogP contribution in [0.15, 0.2) is 17.5 Å². The molecule has 0 aliphatic heterocycles. The fourth-order valence-corrected chi connectivity index (χ4v) is 1.38. The largest absolute Gasteiger partial charge is 0.468 e. The summed E-state index contributed by atoms with van der Waals surface area (Å²) in [4.78, 5) is 34.8. The van der Waals surface area contributed by atoms with Crippen LogP contribution in [0.4, 0.5) is 0 Å². The van der Waals surface area contributed by atoms with Gasteiger partial charge >= 0.3 is 0 Å². The second-order valence-electron chi connectivity index (χ2n) is 3.44. The number of nitrogens with zero attached hydrogens (tertiary/aromatic N) is 2. The van der Waals surface area contributed by atoms with Crippen molar-refractivity contribution in [3.63, 3.8) is 0 Å². The molecule has 0 spiro atoms. The van der Waals surface area contributed by atoms with Crippen LogP contribution < -0.4 is 0 Å². The molecular formula is C10H16N2O6. The van der Waals surface area contributed by atoms with Crippen molar-refractivity contribution in [3.05, 3.63) is 27.2 Å². The summed E-state index contributed by atoms with van der Waals surface area (Å²) in [7, 11) is 0. The minimum Gasteiger partial charge on any atom is -0.468 e. The SMILES string of the molecule is CC/C=C\CC(C(CCOC=O)ON=O)[N+](=O)[O-]. The molecule has 0 amide bonds. The van der Waals surface area contributed by atoms with Gasteiger partial charge in [0.15, 0.2) is 5.34 Å². The predicted octanol–water partition coefficient (Wildman–Crippen LogP) is 1.62. The fourth-order valence-electron chi connectivity index (χ4n) is 1.38. The minimum absolute atomic E-state index is 0.0378. The zero-order valence-electron chi connectivity index (χ0n) is 10.1. The maximum absolute atomic E-state index is 10.9. The van der Waals surface area contributed by atoms with Gasteiger partial charge in [-0.25, -0.2) is 0 Å². The van der Waals surface area contributed by atoms with Crippen LogP contribution in [-0.4, -0.2) is 30.1 Å². The Morgan fingerprint density at radius 3 is 2.67 bits per heavy atom. The van der Waals surface area contributed by atoms with Crippen LogP contribution in [0.5, 0.6) is 0 Å². The fraction of sp³-hybridized carbons (Fsp3) is 0.700. The molecule has 0 saturated heterocycles. The highest BCUT2D eigenvalue weighted by atomic mass is 16.7. The van der Waals surface area contributed by atoms with Gasteiger partial charge in [0.2, 0.25) is 6.10 Å². The Hall–Kier alpha value is -1.99. The van der Waals surface area contributed by atoms with E-state index in [1.807, 2.05) is 6.92 Å². The van der Waals surface area contributed by atoms with Crippen LogP contribution in [0.25, 0.3) is 0 Å². The maximum atomic E-state index is 10.9. The van der Waals surface area contributed by atoms with Gasteiger partial charge in [0.05, 0.1) is 6.61 Å². The first-order chi connectivity index (χ1) is 8.67. The van der Waals surface area contributed by atoms with Gasteiger partial charge in [0, 0.05) is 17.8 Å². The van der Waals surface area contributed by atoms with Crippen molar-refractivity contribution in [3.8, 4) is 0 Å². The molecule has 0 aliphatic carbocycles. The molecule has 2 atom stereocenters. The van der Waals surface area contributed by atoms with E-state index in [4.69, 9.17) is 0 Å². The van der Waals surface area contributed by atoms with Crippen LogP contribution >= 0.6 is 0 Å². The van der Waals surface area contributed by atoms with E-state index in [1.165, 1.54) is 0 Å². The number of rotatable bonds is 11. The van der Waals surface area contributed by atoms with E-state index in [9.17, 15) is 19.8 Å². The lowest BCUT2D eigenvalue weighted by atomic mass is 10.1. The average molecular weight is 260 g/mol. The zero-order valence-corrected chi connectivity index (χ0v) is 10.1. The van der Waals surface area contributed by atoms with E-state index in [0.717, 1.165) is 6.42 Å². The summed E-state index contributed by atoms with van der Waals surface area (Å²) in [5.74, 6) is 0. The highest BCUT2D eigenvalue weighted by Gasteiger charge is 2.33. The van der Waals surface area contributed by atoms with Gasteiger partial charge in [-0.3, -0.25) is 14.9 Å². The quantitative estimate of drug-likeness (QED) is 0.139. The van der Waals surface area contributed by atoms with Crippen molar-refractivity contribution in [2.45, 2.75) is 38.3 Å². The molecule has 102 valence electrons. The molecule has 18 heavy (non-hydrogen) atoms. The number of hydrogen-bond donors (Lipinski definition) is 0. The van der Waals surface area contributed by atoms with E-state index in [1.54, 1.807) is 12.2 Å². The summed E-state index contributed by atoms with van der Waals surface area (Å²) in [6.45, 7) is 2.06. The first kappa shape index (κ1) is 16.0. The Balaban J connectivity index is 4.53. The monoisotopic (exact) mass is 260 g/mol. The smallest absolute Gasteiger partial charge is 0.293 e. The predicted molar refractivity (Wildman–Crippen MR) is 62.1 cm³/mol. The van der Waals surface area contributed by atoms with Gasteiger partial charge in [-0.15, -0.1) is 4.91 Å². The normalized spacial score (nSPS) is 13.8. The molecule has 0 saturated carbocycles. The van der Waals surface area contributed by atoms with E-state index in [-0.39, 0.29) is 25.9 Å². The van der Waals surface area contributed by atoms with Gasteiger partial charge < -0.3 is 9.57 Å². The van der Waals surface area contributed by atoms with Gasteiger partial charge in [-0.2, -0.15) is 0 Å². The molecule has 0 rings (SSSR count). The third-order valence-electron chi connectivity index (χ3n) is 2.25. The number of nitro groups is 1. The zero-order chi connectivity index (χ0) is 13.8. The summed E-state index contributed by atoms with van der Waals surface area (Å²) in [6.07, 6.45) is 3.34. The molecule has 0 aliphatic rings. The Bertz CT molecular complexity index is 294.